The van der Waals surface area contributed by atoms with E-state index in [2.05, 4.69) is 68.6 Å². The molecule has 1 aliphatic heterocycles. The van der Waals surface area contributed by atoms with Gasteiger partial charge in [-0.2, -0.15) is 0 Å². The summed E-state index contributed by atoms with van der Waals surface area (Å²) in [4.78, 5) is 13.6. The fourth-order valence-corrected chi connectivity index (χ4v) is 3.01. The van der Waals surface area contributed by atoms with E-state index in [1.807, 2.05) is 12.3 Å². The van der Waals surface area contributed by atoms with Gasteiger partial charge in [0, 0.05) is 52.0 Å². The van der Waals surface area contributed by atoms with Crippen LogP contribution in [0.5, 0.6) is 0 Å². The topological polar surface area (TPSA) is 81.8 Å². The van der Waals surface area contributed by atoms with Crippen LogP contribution in [0.4, 0.5) is 5.82 Å². The normalized spacial score (nSPS) is 15.3. The van der Waals surface area contributed by atoms with Gasteiger partial charge >= 0.3 is 0 Å². The van der Waals surface area contributed by atoms with Gasteiger partial charge in [0.05, 0.1) is 12.2 Å². The Morgan fingerprint density at radius 1 is 1.17 bits per heavy atom. The molecule has 160 valence electrons. The van der Waals surface area contributed by atoms with E-state index in [1.165, 1.54) is 0 Å². The minimum atomic E-state index is 0. The van der Waals surface area contributed by atoms with Gasteiger partial charge in [0.2, 0.25) is 0 Å². The van der Waals surface area contributed by atoms with Crippen LogP contribution in [-0.2, 0) is 13.1 Å². The van der Waals surface area contributed by atoms with Crippen LogP contribution in [0.1, 0.15) is 36.8 Å². The van der Waals surface area contributed by atoms with E-state index in [0.29, 0.717) is 25.0 Å². The molecule has 0 aromatic carbocycles. The standard InChI is InChI=1S/C20H31N7O.HI/c1-15(2)18-11-17(28-25-18)14-24-20(21-3)23-13-16-5-6-19(22-12-16)27-9-7-26(4)8-10-27;/h5-6,11-12,15H,7-10,13-14H2,1-4H3,(H2,21,23,24);1H. The molecule has 8 nitrogen and oxygen atoms in total. The first-order valence-corrected chi connectivity index (χ1v) is 9.83. The number of halogens is 1. The number of nitrogens with zero attached hydrogens (tertiary/aromatic N) is 5. The van der Waals surface area contributed by atoms with Crippen molar-refractivity contribution < 1.29 is 4.52 Å². The molecule has 0 unspecified atom stereocenters. The van der Waals surface area contributed by atoms with Gasteiger partial charge in [-0.25, -0.2) is 4.98 Å². The van der Waals surface area contributed by atoms with Crippen molar-refractivity contribution in [1.82, 2.24) is 25.7 Å². The molecule has 0 saturated carbocycles. The van der Waals surface area contributed by atoms with E-state index in [0.717, 1.165) is 49.0 Å². The summed E-state index contributed by atoms with van der Waals surface area (Å²) in [6, 6.07) is 6.19. The van der Waals surface area contributed by atoms with Gasteiger partial charge in [0.1, 0.15) is 5.82 Å². The number of anilines is 1. The van der Waals surface area contributed by atoms with Crippen molar-refractivity contribution in [3.8, 4) is 0 Å². The summed E-state index contributed by atoms with van der Waals surface area (Å²) in [5.74, 6) is 2.91. The molecular weight excluding hydrogens is 481 g/mol. The van der Waals surface area contributed by atoms with Crippen LogP contribution < -0.4 is 15.5 Å². The number of aromatic nitrogens is 2. The van der Waals surface area contributed by atoms with Gasteiger partial charge in [-0.1, -0.05) is 25.1 Å². The van der Waals surface area contributed by atoms with E-state index < -0.39 is 0 Å². The first-order valence-electron chi connectivity index (χ1n) is 9.83. The summed E-state index contributed by atoms with van der Waals surface area (Å²) in [5.41, 5.74) is 2.08. The number of likely N-dealkylation sites (N-methyl/N-ethyl adjacent to an activating group) is 1. The molecule has 0 amide bonds. The van der Waals surface area contributed by atoms with E-state index in [9.17, 15) is 0 Å². The lowest BCUT2D eigenvalue weighted by Gasteiger charge is -2.33. The molecule has 0 bridgehead atoms. The fraction of sp³-hybridized carbons (Fsp3) is 0.550. The van der Waals surface area contributed by atoms with Gasteiger partial charge in [-0.3, -0.25) is 4.99 Å². The second-order valence-corrected chi connectivity index (χ2v) is 7.47. The predicted molar refractivity (Wildman–Crippen MR) is 127 cm³/mol. The lowest BCUT2D eigenvalue weighted by Crippen LogP contribution is -2.44. The zero-order valence-electron chi connectivity index (χ0n) is 17.7. The molecule has 0 aliphatic carbocycles. The maximum atomic E-state index is 5.35. The first-order chi connectivity index (χ1) is 13.5. The molecular formula is C20H32IN7O. The average Bonchev–Trinajstić information content (AvgIpc) is 3.19. The maximum absolute atomic E-state index is 5.35. The van der Waals surface area contributed by atoms with Crippen LogP contribution in [0.3, 0.4) is 0 Å². The lowest BCUT2D eigenvalue weighted by molar-refractivity contribution is 0.312. The van der Waals surface area contributed by atoms with Crippen molar-refractivity contribution in [1.29, 1.82) is 0 Å². The van der Waals surface area contributed by atoms with E-state index in [4.69, 9.17) is 4.52 Å². The van der Waals surface area contributed by atoms with Crippen molar-refractivity contribution in [3.05, 3.63) is 41.4 Å². The second kappa shape index (κ2) is 11.3. The molecule has 9 heteroatoms. The number of hydrogen-bond donors (Lipinski definition) is 2. The number of aliphatic imine (C=N–C) groups is 1. The van der Waals surface area contributed by atoms with E-state index in [1.54, 1.807) is 7.05 Å². The molecule has 29 heavy (non-hydrogen) atoms. The SMILES string of the molecule is CN=C(NCc1ccc(N2CCN(C)CC2)nc1)NCc1cc(C(C)C)no1.I. The highest BCUT2D eigenvalue weighted by Crippen LogP contribution is 2.14. The number of guanidine groups is 1. The third-order valence-corrected chi connectivity index (χ3v) is 4.92. The average molecular weight is 513 g/mol. The van der Waals surface area contributed by atoms with Crippen LogP contribution >= 0.6 is 24.0 Å². The predicted octanol–water partition coefficient (Wildman–Crippen LogP) is 2.43. The molecule has 0 spiro atoms. The van der Waals surface area contributed by atoms with Crippen molar-refractivity contribution in [3.63, 3.8) is 0 Å². The fourth-order valence-electron chi connectivity index (χ4n) is 3.01. The molecule has 3 rings (SSSR count). The molecule has 3 heterocycles. The van der Waals surface area contributed by atoms with Gasteiger partial charge in [0.15, 0.2) is 11.7 Å². The van der Waals surface area contributed by atoms with Gasteiger partial charge in [0.25, 0.3) is 0 Å². The zero-order valence-corrected chi connectivity index (χ0v) is 20.0. The zero-order chi connectivity index (χ0) is 19.9. The highest BCUT2D eigenvalue weighted by atomic mass is 127. The van der Waals surface area contributed by atoms with Crippen LogP contribution in [-0.4, -0.2) is 61.3 Å². The van der Waals surface area contributed by atoms with E-state index in [-0.39, 0.29) is 24.0 Å². The maximum Gasteiger partial charge on any atom is 0.191 e. The summed E-state index contributed by atoms with van der Waals surface area (Å²) in [5, 5.41) is 10.6. The monoisotopic (exact) mass is 513 g/mol. The number of piperazine rings is 1. The summed E-state index contributed by atoms with van der Waals surface area (Å²) in [6.07, 6.45) is 1.93. The van der Waals surface area contributed by atoms with Crippen LogP contribution in [0.2, 0.25) is 0 Å². The quantitative estimate of drug-likeness (QED) is 0.349. The third-order valence-electron chi connectivity index (χ3n) is 4.92. The Morgan fingerprint density at radius 3 is 2.48 bits per heavy atom. The van der Waals surface area contributed by atoms with Crippen molar-refractivity contribution in [2.75, 3.05) is 45.2 Å². The van der Waals surface area contributed by atoms with Gasteiger partial charge in [-0.05, 0) is 24.6 Å². The van der Waals surface area contributed by atoms with Gasteiger partial charge < -0.3 is 25.0 Å². The van der Waals surface area contributed by atoms with E-state index >= 15 is 0 Å². The highest BCUT2D eigenvalue weighted by molar-refractivity contribution is 14.0. The molecule has 0 radical (unpaired) electrons. The highest BCUT2D eigenvalue weighted by Gasteiger charge is 2.15. The third kappa shape index (κ3) is 6.84. The second-order valence-electron chi connectivity index (χ2n) is 7.47. The van der Waals surface area contributed by atoms with Crippen molar-refractivity contribution in [2.45, 2.75) is 32.9 Å². The van der Waals surface area contributed by atoms with Crippen LogP contribution in [0, 0.1) is 0 Å². The Bertz CT molecular complexity index is 767. The summed E-state index contributed by atoms with van der Waals surface area (Å²) in [6.45, 7) is 9.60. The molecule has 2 aromatic heterocycles. The summed E-state index contributed by atoms with van der Waals surface area (Å²) >= 11 is 0. The van der Waals surface area contributed by atoms with Crippen LogP contribution in [0.15, 0.2) is 33.9 Å². The lowest BCUT2D eigenvalue weighted by atomic mass is 10.1. The Morgan fingerprint density at radius 2 is 1.90 bits per heavy atom. The van der Waals surface area contributed by atoms with Crippen LogP contribution in [0.25, 0.3) is 0 Å². The minimum Gasteiger partial charge on any atom is -0.359 e. The Kier molecular flexibility index (Phi) is 9.15. The molecule has 2 N–H and O–H groups in total. The largest absolute Gasteiger partial charge is 0.359 e. The molecule has 2 aromatic rings. The minimum absolute atomic E-state index is 0. The molecule has 1 aliphatic rings. The van der Waals surface area contributed by atoms with Gasteiger partial charge in [-0.15, -0.1) is 24.0 Å². The number of pyridine rings is 1. The molecule has 1 saturated heterocycles. The Labute approximate surface area is 190 Å². The Balaban J connectivity index is 0.00000300. The Hall–Kier alpha value is -1.88. The number of rotatable bonds is 6. The molecule has 0 atom stereocenters. The first kappa shape index (κ1) is 23.4. The van der Waals surface area contributed by atoms with Crippen molar-refractivity contribution in [2.24, 2.45) is 4.99 Å². The summed E-state index contributed by atoms with van der Waals surface area (Å²) in [7, 11) is 3.91. The number of nitrogens with one attached hydrogen (secondary N) is 2. The summed E-state index contributed by atoms with van der Waals surface area (Å²) < 4.78 is 5.35. The number of hydrogen-bond acceptors (Lipinski definition) is 6. The smallest absolute Gasteiger partial charge is 0.191 e. The molecule has 1 fully saturated rings. The van der Waals surface area contributed by atoms with Crippen molar-refractivity contribution >= 4 is 35.8 Å².